The van der Waals surface area contributed by atoms with E-state index in [4.69, 9.17) is 10.5 Å². The highest BCUT2D eigenvalue weighted by Crippen LogP contribution is 2.20. The predicted molar refractivity (Wildman–Crippen MR) is 93.9 cm³/mol. The van der Waals surface area contributed by atoms with Gasteiger partial charge in [-0.05, 0) is 42.3 Å². The standard InChI is InChI=1S/C20H15N3O/c1-15-10-11-17(9-5-6-16(13-21)14-22)19(12-15)23-20(24)18-7-3-2-4-8-18/h2-12H,1H3,(H,23,24)/b9-5-. The lowest BCUT2D eigenvalue weighted by atomic mass is 10.1. The lowest BCUT2D eigenvalue weighted by molar-refractivity contribution is 0.102. The Hall–Kier alpha value is -3.63. The van der Waals surface area contributed by atoms with E-state index in [2.05, 4.69) is 5.32 Å². The summed E-state index contributed by atoms with van der Waals surface area (Å²) in [5.74, 6) is -0.193. The number of nitrogens with one attached hydrogen (secondary N) is 1. The number of carbonyl (C=O) groups excluding carboxylic acids is 1. The fourth-order valence-electron chi connectivity index (χ4n) is 2.06. The van der Waals surface area contributed by atoms with E-state index in [0.29, 0.717) is 11.3 Å². The zero-order valence-corrected chi connectivity index (χ0v) is 13.2. The maximum atomic E-state index is 12.3. The second-order valence-electron chi connectivity index (χ2n) is 5.07. The number of anilines is 1. The number of benzene rings is 2. The third-order valence-electron chi connectivity index (χ3n) is 3.27. The van der Waals surface area contributed by atoms with E-state index in [-0.39, 0.29) is 11.5 Å². The van der Waals surface area contributed by atoms with Crippen LogP contribution >= 0.6 is 0 Å². The molecule has 0 aliphatic carbocycles. The first-order chi connectivity index (χ1) is 11.6. The molecule has 4 nitrogen and oxygen atoms in total. The Kier molecular flexibility index (Phi) is 5.66. The summed E-state index contributed by atoms with van der Waals surface area (Å²) in [6.07, 6.45) is 4.79. The molecule has 0 aromatic heterocycles. The molecule has 0 fully saturated rings. The summed E-state index contributed by atoms with van der Waals surface area (Å²) in [4.78, 5) is 12.3. The van der Waals surface area contributed by atoms with Gasteiger partial charge in [0.25, 0.3) is 5.91 Å². The molecule has 116 valence electrons. The molecule has 0 aliphatic rings. The molecule has 0 unspecified atom stereocenters. The number of nitrogens with zero attached hydrogens (tertiary/aromatic N) is 2. The van der Waals surface area contributed by atoms with Crippen molar-refractivity contribution < 1.29 is 4.79 Å². The molecular weight excluding hydrogens is 298 g/mol. The summed E-state index contributed by atoms with van der Waals surface area (Å²) in [6.45, 7) is 1.94. The molecule has 0 spiro atoms. The van der Waals surface area contributed by atoms with E-state index in [1.54, 1.807) is 36.4 Å². The highest BCUT2D eigenvalue weighted by atomic mass is 16.1. The maximum absolute atomic E-state index is 12.3. The summed E-state index contributed by atoms with van der Waals surface area (Å²) < 4.78 is 0. The molecule has 0 saturated carbocycles. The molecule has 24 heavy (non-hydrogen) atoms. The zero-order valence-electron chi connectivity index (χ0n) is 13.2. The molecule has 1 amide bonds. The van der Waals surface area contributed by atoms with E-state index in [0.717, 1.165) is 11.1 Å². The van der Waals surface area contributed by atoms with Crippen LogP contribution < -0.4 is 5.32 Å². The van der Waals surface area contributed by atoms with Crippen LogP contribution in [0.15, 0.2) is 66.3 Å². The van der Waals surface area contributed by atoms with Crippen LogP contribution in [0.3, 0.4) is 0 Å². The van der Waals surface area contributed by atoms with Gasteiger partial charge in [0.1, 0.15) is 17.7 Å². The SMILES string of the molecule is Cc1ccc(/C=C\C=C(C#N)C#N)c(NC(=O)c2ccccc2)c1. The lowest BCUT2D eigenvalue weighted by Crippen LogP contribution is -2.12. The Bertz CT molecular complexity index is 865. The van der Waals surface area contributed by atoms with Crippen molar-refractivity contribution >= 4 is 17.7 Å². The van der Waals surface area contributed by atoms with Crippen molar-refractivity contribution in [3.8, 4) is 12.1 Å². The molecule has 2 aromatic rings. The van der Waals surface area contributed by atoms with E-state index >= 15 is 0 Å². The van der Waals surface area contributed by atoms with Gasteiger partial charge in [0.2, 0.25) is 0 Å². The summed E-state index contributed by atoms with van der Waals surface area (Å²) in [7, 11) is 0. The molecule has 4 heteroatoms. The van der Waals surface area contributed by atoms with Crippen LogP contribution in [0.2, 0.25) is 0 Å². The minimum atomic E-state index is -0.193. The van der Waals surface area contributed by atoms with Crippen molar-refractivity contribution in [2.24, 2.45) is 0 Å². The average Bonchev–Trinajstić information content (AvgIpc) is 2.61. The second-order valence-corrected chi connectivity index (χ2v) is 5.07. The molecule has 0 radical (unpaired) electrons. The Morgan fingerprint density at radius 3 is 2.46 bits per heavy atom. The van der Waals surface area contributed by atoms with Crippen molar-refractivity contribution in [2.75, 3.05) is 5.32 Å². The van der Waals surface area contributed by atoms with Crippen LogP contribution in [0, 0.1) is 29.6 Å². The maximum Gasteiger partial charge on any atom is 0.255 e. The van der Waals surface area contributed by atoms with Gasteiger partial charge in [0.05, 0.1) is 0 Å². The van der Waals surface area contributed by atoms with E-state index < -0.39 is 0 Å². The third kappa shape index (κ3) is 4.43. The quantitative estimate of drug-likeness (QED) is 0.677. The number of rotatable bonds is 4. The molecule has 0 aliphatic heterocycles. The van der Waals surface area contributed by atoms with Gasteiger partial charge >= 0.3 is 0 Å². The monoisotopic (exact) mass is 313 g/mol. The second kappa shape index (κ2) is 8.12. The van der Waals surface area contributed by atoms with E-state index in [9.17, 15) is 4.79 Å². The van der Waals surface area contributed by atoms with Crippen LogP contribution in [0.4, 0.5) is 5.69 Å². The first-order valence-electron chi connectivity index (χ1n) is 7.29. The Morgan fingerprint density at radius 1 is 1.08 bits per heavy atom. The fraction of sp³-hybridized carbons (Fsp3) is 0.0500. The third-order valence-corrected chi connectivity index (χ3v) is 3.27. The zero-order chi connectivity index (χ0) is 17.4. The molecule has 2 rings (SSSR count). The number of aryl methyl sites for hydroxylation is 1. The highest BCUT2D eigenvalue weighted by molar-refractivity contribution is 6.05. The average molecular weight is 313 g/mol. The van der Waals surface area contributed by atoms with Crippen LogP contribution in [0.1, 0.15) is 21.5 Å². The van der Waals surface area contributed by atoms with Gasteiger partial charge in [-0.15, -0.1) is 0 Å². The summed E-state index contributed by atoms with van der Waals surface area (Å²) in [6, 6.07) is 18.2. The molecule has 0 saturated heterocycles. The van der Waals surface area contributed by atoms with Crippen molar-refractivity contribution in [2.45, 2.75) is 6.92 Å². The van der Waals surface area contributed by atoms with Crippen molar-refractivity contribution in [3.63, 3.8) is 0 Å². The Labute approximate surface area is 141 Å². The fourth-order valence-corrected chi connectivity index (χ4v) is 2.06. The van der Waals surface area contributed by atoms with E-state index in [1.165, 1.54) is 6.08 Å². The van der Waals surface area contributed by atoms with Crippen molar-refractivity contribution in [1.29, 1.82) is 10.5 Å². The smallest absolute Gasteiger partial charge is 0.255 e. The van der Waals surface area contributed by atoms with Gasteiger partial charge in [-0.25, -0.2) is 0 Å². The van der Waals surface area contributed by atoms with Crippen LogP contribution in [0.25, 0.3) is 6.08 Å². The van der Waals surface area contributed by atoms with Crippen LogP contribution in [0.5, 0.6) is 0 Å². The van der Waals surface area contributed by atoms with Gasteiger partial charge < -0.3 is 5.32 Å². The van der Waals surface area contributed by atoms with Gasteiger partial charge in [-0.3, -0.25) is 4.79 Å². The number of hydrogen-bond acceptors (Lipinski definition) is 3. The molecule has 0 atom stereocenters. The largest absolute Gasteiger partial charge is 0.321 e. The molecule has 0 bridgehead atoms. The minimum absolute atomic E-state index is 0.0215. The predicted octanol–water partition coefficient (Wildman–Crippen LogP) is 4.23. The summed E-state index contributed by atoms with van der Waals surface area (Å²) in [5, 5.41) is 20.3. The number of amides is 1. The van der Waals surface area contributed by atoms with Crippen LogP contribution in [-0.2, 0) is 0 Å². The minimum Gasteiger partial charge on any atom is -0.321 e. The van der Waals surface area contributed by atoms with E-state index in [1.807, 2.05) is 43.3 Å². The normalized spacial score (nSPS) is 9.79. The molecule has 2 aromatic carbocycles. The molecule has 1 N–H and O–H groups in total. The summed E-state index contributed by atoms with van der Waals surface area (Å²) in [5.41, 5.74) is 3.07. The number of allylic oxidation sites excluding steroid dienone is 3. The van der Waals surface area contributed by atoms with Gasteiger partial charge in [0.15, 0.2) is 0 Å². The first kappa shape index (κ1) is 16.7. The van der Waals surface area contributed by atoms with Gasteiger partial charge in [-0.2, -0.15) is 10.5 Å². The highest BCUT2D eigenvalue weighted by Gasteiger charge is 2.07. The first-order valence-corrected chi connectivity index (χ1v) is 7.29. The molecular formula is C20H15N3O. The Morgan fingerprint density at radius 2 is 1.79 bits per heavy atom. The Balaban J connectivity index is 2.27. The lowest BCUT2D eigenvalue weighted by Gasteiger charge is -2.10. The summed E-state index contributed by atoms with van der Waals surface area (Å²) >= 11 is 0. The van der Waals surface area contributed by atoms with Crippen LogP contribution in [-0.4, -0.2) is 5.91 Å². The van der Waals surface area contributed by atoms with Crippen molar-refractivity contribution in [1.82, 2.24) is 0 Å². The van der Waals surface area contributed by atoms with Gasteiger partial charge in [-0.1, -0.05) is 42.5 Å². The molecule has 0 heterocycles. The number of hydrogen-bond donors (Lipinski definition) is 1. The number of carbonyl (C=O) groups is 1. The number of nitriles is 2. The topological polar surface area (TPSA) is 76.7 Å². The van der Waals surface area contributed by atoms with Crippen molar-refractivity contribution in [3.05, 3.63) is 82.9 Å². The van der Waals surface area contributed by atoms with Gasteiger partial charge in [0, 0.05) is 11.3 Å².